The number of amides is 4. The van der Waals surface area contributed by atoms with Gasteiger partial charge in [0.25, 0.3) is 5.79 Å². The molecule has 0 spiro atoms. The van der Waals surface area contributed by atoms with Crippen LogP contribution in [0.5, 0.6) is 0 Å². The van der Waals surface area contributed by atoms with Gasteiger partial charge in [-0.1, -0.05) is 0 Å². The third kappa shape index (κ3) is 19.6. The zero-order valence-electron chi connectivity index (χ0n) is 57.4. The smallest absolute Gasteiger partial charge is 0.364 e. The molecule has 0 saturated carbocycles. The van der Waals surface area contributed by atoms with Crippen molar-refractivity contribution < 1.29 is 218 Å². The molecule has 0 bridgehead atoms. The Morgan fingerprint density at radius 1 is 0.383 bits per heavy atom. The van der Waals surface area contributed by atoms with E-state index in [9.17, 15) is 147 Å². The molecule has 8 fully saturated rings. The highest BCUT2D eigenvalue weighted by molar-refractivity contribution is 5.77. The maximum Gasteiger partial charge on any atom is 0.364 e. The van der Waals surface area contributed by atoms with E-state index in [-0.39, 0.29) is 0 Å². The summed E-state index contributed by atoms with van der Waals surface area (Å²) in [7, 11) is 0. The van der Waals surface area contributed by atoms with E-state index in [2.05, 4.69) is 21.3 Å². The summed E-state index contributed by atoms with van der Waals surface area (Å²) in [6.45, 7) is -5.04. The number of hydrogen-bond donors (Lipinski definition) is 28. The summed E-state index contributed by atoms with van der Waals surface area (Å²) in [5.41, 5.74) is 0. The van der Waals surface area contributed by atoms with Crippen molar-refractivity contribution in [1.82, 2.24) is 21.3 Å². The second-order valence-corrected chi connectivity index (χ2v) is 26.8. The van der Waals surface area contributed by atoms with Crippen LogP contribution in [-0.4, -0.2) is 456 Å². The van der Waals surface area contributed by atoms with E-state index in [0.717, 1.165) is 27.7 Å². The Kier molecular flexibility index (Phi) is 31.5. The highest BCUT2D eigenvalue weighted by atomic mass is 16.8. The average molecular weight is 1570 g/mol. The van der Waals surface area contributed by atoms with Crippen molar-refractivity contribution in [2.45, 2.75) is 285 Å². The molecule has 0 aromatic heterocycles. The summed E-state index contributed by atoms with van der Waals surface area (Å²) < 4.78 is 87.2. The lowest BCUT2D eigenvalue weighted by Crippen LogP contribution is -2.72. The monoisotopic (exact) mass is 1570 g/mol. The lowest BCUT2D eigenvalue weighted by Gasteiger charge is -2.51. The van der Waals surface area contributed by atoms with Crippen LogP contribution < -0.4 is 21.3 Å². The van der Waals surface area contributed by atoms with Gasteiger partial charge in [-0.05, 0) is 0 Å². The summed E-state index contributed by atoms with van der Waals surface area (Å²) in [6, 6.07) is -7.49. The SMILES string of the molecule is CC(=O)N[C@@H]1[C@@H](O[C@H]2O[C@H](CO[C@@H]3O[C@H](CO)[C@@H](O[C@@H]4O[C@H](CO)[C@H](O[C@@H]5O[C@H](CO)[C@H](O[C@H]6O[C@H](CO)[C@H](O)[C@H](O)[C@H]6O)[C@H](O)[C@H]5O)[C@H](O)[C@H]4O)[C@H](O)[C@H]3NC(C)=O)[C@H](O)[C@H](O[C@@H]3O[C@H](CO)[C@H](O)[C@H](O[C@]4(C(=O)O)C[C@H](O)[C@@H](NC(C)=O)[C@H]([C@H](O)[C@H](O)CO)O4)[C@H]3O)[C@H]2NC(C)=O)[C@@H](O)[C@@H](CO)O[C@@H]1O. The van der Waals surface area contributed by atoms with Crippen LogP contribution in [0.15, 0.2) is 0 Å². The minimum atomic E-state index is -3.33. The minimum absolute atomic E-state index is 0.880. The van der Waals surface area contributed by atoms with Gasteiger partial charge in [0.1, 0.15) is 189 Å². The lowest BCUT2D eigenvalue weighted by atomic mass is 9.88. The molecule has 107 heavy (non-hydrogen) atoms. The van der Waals surface area contributed by atoms with Crippen LogP contribution >= 0.6 is 0 Å². The van der Waals surface area contributed by atoms with Gasteiger partial charge < -0.3 is 215 Å². The second-order valence-electron chi connectivity index (χ2n) is 26.8. The third-order valence-electron chi connectivity index (χ3n) is 19.2. The Labute approximate surface area is 605 Å². The summed E-state index contributed by atoms with van der Waals surface area (Å²) >= 11 is 0. The highest BCUT2D eigenvalue weighted by Crippen LogP contribution is 2.41. The van der Waals surface area contributed by atoms with Crippen LogP contribution in [0.25, 0.3) is 0 Å². The first-order chi connectivity index (χ1) is 50.4. The molecule has 48 nitrogen and oxygen atoms in total. The quantitative estimate of drug-likeness (QED) is 0.0331. The van der Waals surface area contributed by atoms with Crippen LogP contribution in [0.1, 0.15) is 34.1 Å². The molecule has 48 heteroatoms. The number of ether oxygens (including phenoxy) is 15. The second kappa shape index (κ2) is 38.1. The summed E-state index contributed by atoms with van der Waals surface area (Å²) in [5.74, 6) is -9.21. The maximum absolute atomic E-state index is 13.3. The number of nitrogens with one attached hydrogen (secondary N) is 4. The van der Waals surface area contributed by atoms with Crippen molar-refractivity contribution in [3.8, 4) is 0 Å². The Balaban J connectivity index is 1.05. The molecule has 618 valence electrons. The lowest BCUT2D eigenvalue weighted by molar-refractivity contribution is -0.388. The number of rotatable bonds is 29. The fourth-order valence-corrected chi connectivity index (χ4v) is 13.7. The standard InChI is InChI=1S/C59H98N4O44/c1-14(71)60-27-18(75)5-59(58(91)92,106-49(27)31(77)19(76)6-64)107-50-34(80)22(9-67)96-57(43(50)89)105-48-30(63-17(4)74)53(104-47-29(62-16(3)73)51(90)94-21(8-66)33(47)79)100-26(35(48)81)13-93-52-28(61-15(2)72)36(82)44(23(10-68)97-52)101-55-41(87)38(84)46(25(12-70)98-55)103-56-42(88)39(85)45(24(11-69)99-56)102-54-40(86)37(83)32(78)20(7-65)95-54/h18-57,64-70,75-90H,5-13H2,1-4H3,(H,60,71)(H,61,72)(H,62,73)(H,63,74)(H,91,92)/t18-,19+,20+,21+,22+,23+,24+,25+,26+,27+,28+,29+,30+,31+,32-,33-,34-,35-,36+,37-,38+,39+,40+,41+,42+,43+,44+,45-,46-,47+,48+,49+,50-,51-,52+,53+,54+,55-,56-,57-,59-/m0/s1. The number of aliphatic hydroxyl groups excluding tert-OH is 23. The van der Waals surface area contributed by atoms with Gasteiger partial charge in [-0.25, -0.2) is 4.79 Å². The zero-order valence-corrected chi connectivity index (χ0v) is 57.4. The van der Waals surface area contributed by atoms with Crippen LogP contribution in [0.4, 0.5) is 0 Å². The van der Waals surface area contributed by atoms with Gasteiger partial charge in [0.05, 0.1) is 65.0 Å². The number of carboxylic acids is 1. The van der Waals surface area contributed by atoms with Crippen LogP contribution in [0.2, 0.25) is 0 Å². The number of carbonyl (C=O) groups is 5. The molecule has 0 aromatic rings. The van der Waals surface area contributed by atoms with Gasteiger partial charge in [0, 0.05) is 34.1 Å². The predicted octanol–water partition coefficient (Wildman–Crippen LogP) is -18.7. The maximum atomic E-state index is 13.3. The van der Waals surface area contributed by atoms with Crippen molar-refractivity contribution in [3.63, 3.8) is 0 Å². The first kappa shape index (κ1) is 88.4. The van der Waals surface area contributed by atoms with Crippen molar-refractivity contribution >= 4 is 29.6 Å². The summed E-state index contributed by atoms with van der Waals surface area (Å²) in [5, 5.41) is 272. The topological polar surface area (TPSA) is 757 Å². The molecule has 8 rings (SSSR count). The fraction of sp³-hybridized carbons (Fsp3) is 0.915. The minimum Gasteiger partial charge on any atom is -0.477 e. The number of aliphatic carboxylic acids is 1. The first-order valence-electron chi connectivity index (χ1n) is 33.7. The molecule has 8 saturated heterocycles. The molecule has 4 amide bonds. The van der Waals surface area contributed by atoms with Crippen LogP contribution in [0.3, 0.4) is 0 Å². The molecule has 41 atom stereocenters. The van der Waals surface area contributed by atoms with Gasteiger partial charge >= 0.3 is 5.97 Å². The molecule has 0 unspecified atom stereocenters. The molecule has 0 aliphatic carbocycles. The number of aliphatic hydroxyl groups is 23. The molecule has 0 aromatic carbocycles. The number of hydrogen-bond acceptors (Lipinski definition) is 43. The third-order valence-corrected chi connectivity index (χ3v) is 19.2. The Morgan fingerprint density at radius 3 is 1.22 bits per heavy atom. The highest BCUT2D eigenvalue weighted by Gasteiger charge is 2.63. The largest absolute Gasteiger partial charge is 0.477 e. The molecule has 0 radical (unpaired) electrons. The van der Waals surface area contributed by atoms with Crippen LogP contribution in [0, 0.1) is 0 Å². The van der Waals surface area contributed by atoms with Crippen molar-refractivity contribution in [2.24, 2.45) is 0 Å². The first-order valence-corrected chi connectivity index (χ1v) is 33.7. The average Bonchev–Trinajstić information content (AvgIpc) is 0.757. The van der Waals surface area contributed by atoms with E-state index >= 15 is 0 Å². The Hall–Kier alpha value is -4.17. The Bertz CT molecular complexity index is 2870. The fourth-order valence-electron chi connectivity index (χ4n) is 13.7. The van der Waals surface area contributed by atoms with E-state index < -0.39 is 340 Å². The van der Waals surface area contributed by atoms with Crippen molar-refractivity contribution in [1.29, 1.82) is 0 Å². The predicted molar refractivity (Wildman–Crippen MR) is 328 cm³/mol. The zero-order chi connectivity index (χ0) is 79.3. The van der Waals surface area contributed by atoms with E-state index in [4.69, 9.17) is 71.1 Å². The summed E-state index contributed by atoms with van der Waals surface area (Å²) in [4.78, 5) is 64.4. The Morgan fingerprint density at radius 2 is 0.748 bits per heavy atom. The molecule has 8 aliphatic heterocycles. The van der Waals surface area contributed by atoms with Crippen molar-refractivity contribution in [3.05, 3.63) is 0 Å². The van der Waals surface area contributed by atoms with Crippen molar-refractivity contribution in [2.75, 3.05) is 52.9 Å². The van der Waals surface area contributed by atoms with Gasteiger partial charge in [-0.2, -0.15) is 0 Å². The van der Waals surface area contributed by atoms with E-state index in [1.165, 1.54) is 0 Å². The normalized spacial score (nSPS) is 46.9. The molecular weight excluding hydrogens is 1470 g/mol. The summed E-state index contributed by atoms with van der Waals surface area (Å²) in [6.07, 6.45) is -76.4. The van der Waals surface area contributed by atoms with E-state index in [1.807, 2.05) is 0 Å². The van der Waals surface area contributed by atoms with Gasteiger partial charge in [0.2, 0.25) is 23.6 Å². The number of carboxylic acid groups (broad SMARTS) is 1. The molecule has 8 heterocycles. The van der Waals surface area contributed by atoms with Crippen LogP contribution in [-0.2, 0) is 95.0 Å². The van der Waals surface area contributed by atoms with Gasteiger partial charge in [-0.3, -0.25) is 19.2 Å². The molecule has 8 aliphatic rings. The number of carbonyl (C=O) groups excluding carboxylic acids is 4. The van der Waals surface area contributed by atoms with E-state index in [1.54, 1.807) is 0 Å². The molecule has 28 N–H and O–H groups in total. The van der Waals surface area contributed by atoms with E-state index in [0.29, 0.717) is 0 Å². The van der Waals surface area contributed by atoms with Gasteiger partial charge in [0.15, 0.2) is 44.0 Å². The molecular formula is C59H98N4O44. The van der Waals surface area contributed by atoms with Gasteiger partial charge in [-0.15, -0.1) is 0 Å².